The summed E-state index contributed by atoms with van der Waals surface area (Å²) in [5, 5.41) is 5.79. The maximum atomic E-state index is 11.5. The number of hydrogen-bond acceptors (Lipinski definition) is 5. The third kappa shape index (κ3) is 4.31. The van der Waals surface area contributed by atoms with Crippen LogP contribution in [0, 0.1) is 0 Å². The van der Waals surface area contributed by atoms with Crippen molar-refractivity contribution in [2.24, 2.45) is 0 Å². The van der Waals surface area contributed by atoms with Gasteiger partial charge in [0.15, 0.2) is 11.5 Å². The van der Waals surface area contributed by atoms with Gasteiger partial charge in [0.05, 0.1) is 27.9 Å². The van der Waals surface area contributed by atoms with E-state index in [1.807, 2.05) is 19.1 Å². The molecule has 20 heavy (non-hydrogen) atoms. The zero-order valence-electron chi connectivity index (χ0n) is 12.4. The van der Waals surface area contributed by atoms with Crippen LogP contribution in [0.25, 0.3) is 0 Å². The van der Waals surface area contributed by atoms with Gasteiger partial charge in [0.1, 0.15) is 0 Å². The minimum absolute atomic E-state index is 0.0550. The topological polar surface area (TPSA) is 68.8 Å². The highest BCUT2D eigenvalue weighted by Gasteiger charge is 2.13. The van der Waals surface area contributed by atoms with E-state index in [9.17, 15) is 4.79 Å². The minimum Gasteiger partial charge on any atom is -0.493 e. The van der Waals surface area contributed by atoms with Gasteiger partial charge in [0.2, 0.25) is 11.7 Å². The molecule has 0 aliphatic heterocycles. The van der Waals surface area contributed by atoms with Crippen molar-refractivity contribution in [3.63, 3.8) is 0 Å². The summed E-state index contributed by atoms with van der Waals surface area (Å²) < 4.78 is 15.8. The largest absolute Gasteiger partial charge is 0.493 e. The number of nitrogens with one attached hydrogen (secondary N) is 2. The maximum Gasteiger partial charge on any atom is 0.234 e. The van der Waals surface area contributed by atoms with E-state index in [0.29, 0.717) is 30.3 Å². The van der Waals surface area contributed by atoms with E-state index >= 15 is 0 Å². The predicted molar refractivity (Wildman–Crippen MR) is 76.5 cm³/mol. The van der Waals surface area contributed by atoms with E-state index in [0.717, 1.165) is 12.1 Å². The molecule has 0 saturated heterocycles. The Balaban J connectivity index is 2.78. The number of likely N-dealkylation sites (N-methyl/N-ethyl adjacent to an activating group) is 1. The monoisotopic (exact) mass is 282 g/mol. The van der Waals surface area contributed by atoms with Crippen LogP contribution in [0.5, 0.6) is 17.2 Å². The molecule has 0 bridgehead atoms. The van der Waals surface area contributed by atoms with Crippen molar-refractivity contribution in [2.75, 3.05) is 34.4 Å². The van der Waals surface area contributed by atoms with Crippen LogP contribution in [0.2, 0.25) is 0 Å². The first kappa shape index (κ1) is 16.1. The molecule has 0 spiro atoms. The Morgan fingerprint density at radius 1 is 1.10 bits per heavy atom. The summed E-state index contributed by atoms with van der Waals surface area (Å²) in [6, 6.07) is 3.63. The van der Waals surface area contributed by atoms with Gasteiger partial charge in [-0.3, -0.25) is 4.79 Å². The van der Waals surface area contributed by atoms with E-state index in [2.05, 4.69) is 10.6 Å². The zero-order valence-corrected chi connectivity index (χ0v) is 12.4. The van der Waals surface area contributed by atoms with Crippen LogP contribution in [0.15, 0.2) is 12.1 Å². The standard InChI is InChI=1S/C14H22N2O4/c1-5-15-9-13(17)16-8-10-6-11(18-2)14(20-4)12(7-10)19-3/h6-7,15H,5,8-9H2,1-4H3,(H,16,17). The van der Waals surface area contributed by atoms with E-state index < -0.39 is 0 Å². The van der Waals surface area contributed by atoms with Crippen molar-refractivity contribution in [2.45, 2.75) is 13.5 Å². The summed E-state index contributed by atoms with van der Waals surface area (Å²) in [6.07, 6.45) is 0. The highest BCUT2D eigenvalue weighted by molar-refractivity contribution is 5.78. The molecule has 0 radical (unpaired) electrons. The van der Waals surface area contributed by atoms with Gasteiger partial charge in [0.25, 0.3) is 0 Å². The van der Waals surface area contributed by atoms with Gasteiger partial charge in [-0.05, 0) is 24.2 Å². The van der Waals surface area contributed by atoms with Crippen LogP contribution in [-0.4, -0.2) is 40.3 Å². The number of methoxy groups -OCH3 is 3. The second-order valence-corrected chi connectivity index (χ2v) is 4.09. The first-order chi connectivity index (χ1) is 9.65. The fraction of sp³-hybridized carbons (Fsp3) is 0.500. The zero-order chi connectivity index (χ0) is 15.0. The molecule has 6 nitrogen and oxygen atoms in total. The summed E-state index contributed by atoms with van der Waals surface area (Å²) >= 11 is 0. The second kappa shape index (κ2) is 8.27. The van der Waals surface area contributed by atoms with Gasteiger partial charge < -0.3 is 24.8 Å². The van der Waals surface area contributed by atoms with Crippen LogP contribution in [0.4, 0.5) is 0 Å². The Morgan fingerprint density at radius 3 is 2.15 bits per heavy atom. The quantitative estimate of drug-likeness (QED) is 0.742. The lowest BCUT2D eigenvalue weighted by atomic mass is 10.1. The third-order valence-electron chi connectivity index (χ3n) is 2.75. The number of carbonyl (C=O) groups is 1. The molecule has 0 aliphatic carbocycles. The summed E-state index contributed by atoms with van der Waals surface area (Å²) in [5.74, 6) is 1.63. The van der Waals surface area contributed by atoms with Crippen molar-refractivity contribution in [1.29, 1.82) is 0 Å². The van der Waals surface area contributed by atoms with Crippen LogP contribution in [-0.2, 0) is 11.3 Å². The molecule has 6 heteroatoms. The SMILES string of the molecule is CCNCC(=O)NCc1cc(OC)c(OC)c(OC)c1. The molecular formula is C14H22N2O4. The molecule has 0 saturated carbocycles. The molecule has 1 rings (SSSR count). The van der Waals surface area contributed by atoms with Gasteiger partial charge >= 0.3 is 0 Å². The molecule has 0 aromatic heterocycles. The fourth-order valence-electron chi connectivity index (χ4n) is 1.74. The Labute approximate surface area is 119 Å². The third-order valence-corrected chi connectivity index (χ3v) is 2.75. The lowest BCUT2D eigenvalue weighted by Crippen LogP contribution is -2.33. The first-order valence-electron chi connectivity index (χ1n) is 6.42. The lowest BCUT2D eigenvalue weighted by Gasteiger charge is -2.14. The normalized spacial score (nSPS) is 10.0. The Hall–Kier alpha value is -1.95. The number of carbonyl (C=O) groups excluding carboxylic acids is 1. The van der Waals surface area contributed by atoms with E-state index in [-0.39, 0.29) is 5.91 Å². The molecule has 1 amide bonds. The van der Waals surface area contributed by atoms with Crippen molar-refractivity contribution in [3.8, 4) is 17.2 Å². The summed E-state index contributed by atoms with van der Waals surface area (Å²) in [6.45, 7) is 3.42. The molecule has 0 heterocycles. The molecule has 2 N–H and O–H groups in total. The highest BCUT2D eigenvalue weighted by atomic mass is 16.5. The van der Waals surface area contributed by atoms with E-state index in [1.165, 1.54) is 0 Å². The molecule has 0 unspecified atom stereocenters. The van der Waals surface area contributed by atoms with E-state index in [1.54, 1.807) is 21.3 Å². The van der Waals surface area contributed by atoms with Crippen molar-refractivity contribution >= 4 is 5.91 Å². The van der Waals surface area contributed by atoms with Crippen molar-refractivity contribution in [3.05, 3.63) is 17.7 Å². The van der Waals surface area contributed by atoms with Gasteiger partial charge in [0, 0.05) is 6.54 Å². The Bertz CT molecular complexity index is 424. The van der Waals surface area contributed by atoms with Crippen LogP contribution >= 0.6 is 0 Å². The molecular weight excluding hydrogens is 260 g/mol. The summed E-state index contributed by atoms with van der Waals surface area (Å²) in [4.78, 5) is 11.5. The van der Waals surface area contributed by atoms with Gasteiger partial charge in [-0.2, -0.15) is 0 Å². The highest BCUT2D eigenvalue weighted by Crippen LogP contribution is 2.38. The summed E-state index contributed by atoms with van der Waals surface area (Å²) in [5.41, 5.74) is 0.879. The van der Waals surface area contributed by atoms with Gasteiger partial charge in [-0.15, -0.1) is 0 Å². The Morgan fingerprint density at radius 2 is 1.70 bits per heavy atom. The number of rotatable bonds is 8. The smallest absolute Gasteiger partial charge is 0.234 e. The predicted octanol–water partition coefficient (Wildman–Crippen LogP) is 0.938. The average molecular weight is 282 g/mol. The molecule has 1 aromatic rings. The van der Waals surface area contributed by atoms with Gasteiger partial charge in [-0.25, -0.2) is 0 Å². The molecule has 0 fully saturated rings. The van der Waals surface area contributed by atoms with Gasteiger partial charge in [-0.1, -0.05) is 6.92 Å². The number of amides is 1. The molecule has 0 aliphatic rings. The Kier molecular flexibility index (Phi) is 6.66. The molecule has 112 valence electrons. The number of hydrogen-bond donors (Lipinski definition) is 2. The first-order valence-corrected chi connectivity index (χ1v) is 6.42. The molecule has 0 atom stereocenters. The number of ether oxygens (including phenoxy) is 3. The van der Waals surface area contributed by atoms with Crippen LogP contribution in [0.1, 0.15) is 12.5 Å². The van der Waals surface area contributed by atoms with Crippen molar-refractivity contribution < 1.29 is 19.0 Å². The maximum absolute atomic E-state index is 11.5. The molecule has 1 aromatic carbocycles. The lowest BCUT2D eigenvalue weighted by molar-refractivity contribution is -0.120. The minimum atomic E-state index is -0.0550. The average Bonchev–Trinajstić information content (AvgIpc) is 2.49. The van der Waals surface area contributed by atoms with Crippen molar-refractivity contribution in [1.82, 2.24) is 10.6 Å². The summed E-state index contributed by atoms with van der Waals surface area (Å²) in [7, 11) is 4.67. The second-order valence-electron chi connectivity index (χ2n) is 4.09. The fourth-order valence-corrected chi connectivity index (χ4v) is 1.74. The van der Waals surface area contributed by atoms with Crippen LogP contribution in [0.3, 0.4) is 0 Å². The van der Waals surface area contributed by atoms with Crippen LogP contribution < -0.4 is 24.8 Å². The number of benzene rings is 1. The van der Waals surface area contributed by atoms with E-state index in [4.69, 9.17) is 14.2 Å².